The van der Waals surface area contributed by atoms with Crippen LogP contribution < -0.4 is 4.74 Å². The highest BCUT2D eigenvalue weighted by Gasteiger charge is 2.30. The molecule has 1 aliphatic heterocycles. The molecule has 1 amide bonds. The largest absolute Gasteiger partial charge is 0.491 e. The first-order chi connectivity index (χ1) is 11.1. The predicted octanol–water partition coefficient (Wildman–Crippen LogP) is 1.52. The molecule has 3 rings (SSSR count). The molecule has 0 aliphatic carbocycles. The van der Waals surface area contributed by atoms with Gasteiger partial charge in [0.25, 0.3) is 0 Å². The zero-order valence-electron chi connectivity index (χ0n) is 13.4. The van der Waals surface area contributed by atoms with Gasteiger partial charge in [0.2, 0.25) is 5.91 Å². The summed E-state index contributed by atoms with van der Waals surface area (Å²) in [5.41, 5.74) is 3.51. The van der Waals surface area contributed by atoms with Gasteiger partial charge >= 0.3 is 0 Å². The van der Waals surface area contributed by atoms with Crippen LogP contribution in [0.4, 0.5) is 0 Å². The van der Waals surface area contributed by atoms with Gasteiger partial charge in [-0.2, -0.15) is 5.10 Å². The maximum Gasteiger partial charge on any atom is 0.227 e. The van der Waals surface area contributed by atoms with E-state index in [1.165, 1.54) is 0 Å². The number of aromatic amines is 1. The van der Waals surface area contributed by atoms with Gasteiger partial charge in [0, 0.05) is 16.8 Å². The molecule has 1 aromatic carbocycles. The maximum absolute atomic E-state index is 12.8. The number of aryl methyl sites for hydroxylation is 2. The Morgan fingerprint density at radius 2 is 2.22 bits per heavy atom. The van der Waals surface area contributed by atoms with E-state index in [2.05, 4.69) is 10.2 Å². The average Bonchev–Trinajstić information content (AvgIpc) is 2.77. The van der Waals surface area contributed by atoms with Gasteiger partial charge in [0.1, 0.15) is 12.4 Å². The third-order valence-electron chi connectivity index (χ3n) is 4.35. The van der Waals surface area contributed by atoms with Crippen molar-refractivity contribution in [2.24, 2.45) is 0 Å². The smallest absolute Gasteiger partial charge is 0.227 e. The standard InChI is InChI=1S/C17H21N3O3/c1-11-14(12(2)19-18-11)9-17(22)20-7-8-23-16-6-4-3-5-13(16)15(20)10-21/h3-6,15,21H,7-10H2,1-2H3,(H,18,19). The van der Waals surface area contributed by atoms with Gasteiger partial charge in [-0.05, 0) is 19.9 Å². The monoisotopic (exact) mass is 315 g/mol. The number of H-pyrrole nitrogens is 1. The summed E-state index contributed by atoms with van der Waals surface area (Å²) in [5.74, 6) is 0.703. The molecule has 0 fully saturated rings. The van der Waals surface area contributed by atoms with Crippen LogP contribution in [0.2, 0.25) is 0 Å². The molecule has 0 spiro atoms. The van der Waals surface area contributed by atoms with E-state index in [9.17, 15) is 9.90 Å². The number of ether oxygens (including phenoxy) is 1. The Hall–Kier alpha value is -2.34. The van der Waals surface area contributed by atoms with E-state index in [0.717, 1.165) is 28.3 Å². The molecule has 0 radical (unpaired) electrons. The fraction of sp³-hybridized carbons (Fsp3) is 0.412. The van der Waals surface area contributed by atoms with Gasteiger partial charge in [-0.3, -0.25) is 9.89 Å². The number of hydrogen-bond donors (Lipinski definition) is 2. The van der Waals surface area contributed by atoms with Gasteiger partial charge in [-0.1, -0.05) is 18.2 Å². The van der Waals surface area contributed by atoms with Crippen molar-refractivity contribution in [2.45, 2.75) is 26.3 Å². The van der Waals surface area contributed by atoms with Gasteiger partial charge in [-0.15, -0.1) is 0 Å². The van der Waals surface area contributed by atoms with Gasteiger partial charge in [-0.25, -0.2) is 0 Å². The molecule has 6 heteroatoms. The molecule has 2 aromatic rings. The summed E-state index contributed by atoms with van der Waals surface area (Å²) in [6.45, 7) is 4.54. The lowest BCUT2D eigenvalue weighted by Crippen LogP contribution is -2.39. The van der Waals surface area contributed by atoms with Gasteiger partial charge in [0.15, 0.2) is 0 Å². The number of amides is 1. The molecule has 0 saturated carbocycles. The number of nitrogens with zero attached hydrogens (tertiary/aromatic N) is 2. The SMILES string of the molecule is Cc1n[nH]c(C)c1CC(=O)N1CCOc2ccccc2C1CO. The molecule has 6 nitrogen and oxygen atoms in total. The Balaban J connectivity index is 1.88. The number of rotatable bonds is 3. The van der Waals surface area contributed by atoms with E-state index in [1.807, 2.05) is 38.1 Å². The van der Waals surface area contributed by atoms with E-state index in [-0.39, 0.29) is 25.0 Å². The molecule has 1 unspecified atom stereocenters. The fourth-order valence-corrected chi connectivity index (χ4v) is 3.05. The van der Waals surface area contributed by atoms with Crippen molar-refractivity contribution in [1.29, 1.82) is 0 Å². The Morgan fingerprint density at radius 1 is 1.43 bits per heavy atom. The topological polar surface area (TPSA) is 78.5 Å². The molecule has 2 N–H and O–H groups in total. The fourth-order valence-electron chi connectivity index (χ4n) is 3.05. The summed E-state index contributed by atoms with van der Waals surface area (Å²) in [6, 6.07) is 7.17. The molecule has 1 aliphatic rings. The van der Waals surface area contributed by atoms with Crippen LogP contribution in [0.1, 0.15) is 28.6 Å². The molecule has 0 bridgehead atoms. The van der Waals surface area contributed by atoms with Crippen LogP contribution in [0.3, 0.4) is 0 Å². The van der Waals surface area contributed by atoms with E-state index in [0.29, 0.717) is 13.2 Å². The van der Waals surface area contributed by atoms with Crippen LogP contribution >= 0.6 is 0 Å². The average molecular weight is 315 g/mol. The molecule has 0 saturated heterocycles. The van der Waals surface area contributed by atoms with Crippen molar-refractivity contribution >= 4 is 5.91 Å². The Labute approximate surface area is 135 Å². The summed E-state index contributed by atoms with van der Waals surface area (Å²) >= 11 is 0. The number of aliphatic hydroxyl groups excluding tert-OH is 1. The molecule has 23 heavy (non-hydrogen) atoms. The predicted molar refractivity (Wildman–Crippen MR) is 85.2 cm³/mol. The van der Waals surface area contributed by atoms with E-state index >= 15 is 0 Å². The minimum absolute atomic E-state index is 0.0306. The third kappa shape index (κ3) is 2.94. The van der Waals surface area contributed by atoms with Gasteiger partial charge < -0.3 is 14.7 Å². The number of carbonyl (C=O) groups is 1. The van der Waals surface area contributed by atoms with Crippen molar-refractivity contribution in [1.82, 2.24) is 15.1 Å². The molecular formula is C17H21N3O3. The summed E-state index contributed by atoms with van der Waals surface area (Å²) in [6.07, 6.45) is 0.271. The lowest BCUT2D eigenvalue weighted by atomic mass is 10.0. The van der Waals surface area contributed by atoms with Crippen molar-refractivity contribution in [3.05, 3.63) is 46.8 Å². The number of hydrogen-bond acceptors (Lipinski definition) is 4. The highest BCUT2D eigenvalue weighted by Crippen LogP contribution is 2.32. The Kier molecular flexibility index (Phi) is 4.34. The van der Waals surface area contributed by atoms with E-state index in [4.69, 9.17) is 4.74 Å². The van der Waals surface area contributed by atoms with Crippen molar-refractivity contribution in [2.75, 3.05) is 19.8 Å². The number of aliphatic hydroxyl groups is 1. The van der Waals surface area contributed by atoms with Gasteiger partial charge in [0.05, 0.1) is 31.3 Å². The second kappa shape index (κ2) is 6.42. The number of fused-ring (bicyclic) bond motifs is 1. The summed E-state index contributed by atoms with van der Waals surface area (Å²) in [4.78, 5) is 14.5. The second-order valence-corrected chi connectivity index (χ2v) is 5.76. The zero-order valence-corrected chi connectivity index (χ0v) is 13.4. The quantitative estimate of drug-likeness (QED) is 0.900. The normalized spacial score (nSPS) is 17.3. The number of benzene rings is 1. The van der Waals surface area contributed by atoms with Crippen LogP contribution in [-0.2, 0) is 11.2 Å². The number of para-hydroxylation sites is 1. The van der Waals surface area contributed by atoms with Crippen LogP contribution in [-0.4, -0.2) is 45.9 Å². The lowest BCUT2D eigenvalue weighted by Gasteiger charge is -2.28. The van der Waals surface area contributed by atoms with Crippen LogP contribution in [0.15, 0.2) is 24.3 Å². The molecular weight excluding hydrogens is 294 g/mol. The number of carbonyl (C=O) groups excluding carboxylic acids is 1. The van der Waals surface area contributed by atoms with Crippen LogP contribution in [0.25, 0.3) is 0 Å². The zero-order chi connectivity index (χ0) is 16.4. The maximum atomic E-state index is 12.8. The highest BCUT2D eigenvalue weighted by atomic mass is 16.5. The minimum atomic E-state index is -0.381. The molecule has 2 heterocycles. The number of nitrogens with one attached hydrogen (secondary N) is 1. The van der Waals surface area contributed by atoms with E-state index < -0.39 is 0 Å². The summed E-state index contributed by atoms with van der Waals surface area (Å²) in [5, 5.41) is 16.9. The summed E-state index contributed by atoms with van der Waals surface area (Å²) in [7, 11) is 0. The molecule has 1 atom stereocenters. The van der Waals surface area contributed by atoms with E-state index in [1.54, 1.807) is 4.90 Å². The highest BCUT2D eigenvalue weighted by molar-refractivity contribution is 5.80. The van der Waals surface area contributed by atoms with Crippen molar-refractivity contribution in [3.8, 4) is 5.75 Å². The van der Waals surface area contributed by atoms with Crippen LogP contribution in [0.5, 0.6) is 5.75 Å². The number of aromatic nitrogens is 2. The molecule has 122 valence electrons. The Morgan fingerprint density at radius 3 is 2.91 bits per heavy atom. The lowest BCUT2D eigenvalue weighted by molar-refractivity contribution is -0.134. The Bertz CT molecular complexity index is 691. The molecule has 1 aromatic heterocycles. The van der Waals surface area contributed by atoms with Crippen molar-refractivity contribution in [3.63, 3.8) is 0 Å². The first-order valence-electron chi connectivity index (χ1n) is 7.74. The van der Waals surface area contributed by atoms with Crippen molar-refractivity contribution < 1.29 is 14.6 Å². The summed E-state index contributed by atoms with van der Waals surface area (Å²) < 4.78 is 5.72. The first-order valence-corrected chi connectivity index (χ1v) is 7.74. The minimum Gasteiger partial charge on any atom is -0.491 e. The third-order valence-corrected chi connectivity index (χ3v) is 4.35. The first kappa shape index (κ1) is 15.6. The van der Waals surface area contributed by atoms with Crippen LogP contribution in [0, 0.1) is 13.8 Å². The second-order valence-electron chi connectivity index (χ2n) is 5.76.